The fourth-order valence-corrected chi connectivity index (χ4v) is 1.89. The maximum absolute atomic E-state index is 5.92. The Hall–Kier alpha value is -1.35. The summed E-state index contributed by atoms with van der Waals surface area (Å²) in [7, 11) is 0. The van der Waals surface area contributed by atoms with E-state index < -0.39 is 0 Å². The molecule has 0 bridgehead atoms. The number of nitrogen functional groups attached to an aromatic ring is 1. The van der Waals surface area contributed by atoms with Gasteiger partial charge in [0.1, 0.15) is 0 Å². The number of halogens is 1. The molecule has 2 rings (SSSR count). The summed E-state index contributed by atoms with van der Waals surface area (Å²) < 4.78 is 0. The van der Waals surface area contributed by atoms with Crippen molar-refractivity contribution in [2.45, 2.75) is 26.2 Å². The van der Waals surface area contributed by atoms with Gasteiger partial charge in [0.25, 0.3) is 0 Å². The van der Waals surface area contributed by atoms with Crippen LogP contribution in [0.2, 0.25) is 5.28 Å². The highest BCUT2D eigenvalue weighted by atomic mass is 35.5. The Morgan fingerprint density at radius 1 is 1.19 bits per heavy atom. The van der Waals surface area contributed by atoms with E-state index in [0.29, 0.717) is 5.69 Å². The molecule has 1 heterocycles. The molecule has 16 heavy (non-hydrogen) atoms. The molecule has 0 fully saturated rings. The Kier molecular flexibility index (Phi) is 2.50. The first-order chi connectivity index (χ1) is 7.39. The fraction of sp³-hybridized carbons (Fsp3) is 0.333. The molecule has 2 N–H and O–H groups in total. The van der Waals surface area contributed by atoms with E-state index >= 15 is 0 Å². The van der Waals surface area contributed by atoms with Crippen molar-refractivity contribution in [2.75, 3.05) is 5.73 Å². The van der Waals surface area contributed by atoms with E-state index in [0.717, 1.165) is 16.6 Å². The summed E-state index contributed by atoms with van der Waals surface area (Å²) in [6.07, 6.45) is 0. The third kappa shape index (κ3) is 1.83. The lowest BCUT2D eigenvalue weighted by Gasteiger charge is -2.20. The van der Waals surface area contributed by atoms with Crippen LogP contribution in [0.5, 0.6) is 0 Å². The molecule has 0 unspecified atom stereocenters. The molecule has 0 aliphatic heterocycles. The van der Waals surface area contributed by atoms with Gasteiger partial charge in [0.05, 0.1) is 16.9 Å². The number of nitrogens with two attached hydrogens (primary N) is 1. The van der Waals surface area contributed by atoms with E-state index in [1.54, 1.807) is 0 Å². The lowest BCUT2D eigenvalue weighted by atomic mass is 9.89. The summed E-state index contributed by atoms with van der Waals surface area (Å²) in [6.45, 7) is 6.27. The zero-order valence-corrected chi connectivity index (χ0v) is 10.3. The van der Waals surface area contributed by atoms with Gasteiger partial charge in [0, 0.05) is 10.8 Å². The summed E-state index contributed by atoms with van der Waals surface area (Å²) in [5, 5.41) is 1.22. The predicted octanol–water partition coefficient (Wildman–Crippen LogP) is 3.16. The predicted molar refractivity (Wildman–Crippen MR) is 67.7 cm³/mol. The van der Waals surface area contributed by atoms with Gasteiger partial charge in [0.2, 0.25) is 5.28 Å². The first-order valence-electron chi connectivity index (χ1n) is 5.12. The van der Waals surface area contributed by atoms with Crippen LogP contribution in [0, 0.1) is 0 Å². The van der Waals surface area contributed by atoms with Crippen molar-refractivity contribution in [1.82, 2.24) is 9.97 Å². The number of benzene rings is 1. The minimum Gasteiger partial charge on any atom is -0.397 e. The van der Waals surface area contributed by atoms with Crippen LogP contribution in [0.4, 0.5) is 5.69 Å². The number of para-hydroxylation sites is 1. The molecule has 0 saturated carbocycles. The van der Waals surface area contributed by atoms with Crippen LogP contribution in [0.3, 0.4) is 0 Å². The SMILES string of the molecule is CC(C)(C)c1nc(Cl)nc2c(N)cccc12. The zero-order valence-electron chi connectivity index (χ0n) is 9.58. The Bertz CT molecular complexity index is 544. The van der Waals surface area contributed by atoms with Crippen molar-refractivity contribution >= 4 is 28.2 Å². The van der Waals surface area contributed by atoms with Gasteiger partial charge in [-0.3, -0.25) is 0 Å². The average Bonchev–Trinajstić information content (AvgIpc) is 2.17. The molecule has 3 nitrogen and oxygen atoms in total. The Morgan fingerprint density at radius 2 is 1.88 bits per heavy atom. The van der Waals surface area contributed by atoms with Gasteiger partial charge in [0.15, 0.2) is 0 Å². The van der Waals surface area contributed by atoms with Gasteiger partial charge < -0.3 is 5.73 Å². The first-order valence-corrected chi connectivity index (χ1v) is 5.49. The second-order valence-electron chi connectivity index (χ2n) is 4.83. The van der Waals surface area contributed by atoms with E-state index in [1.165, 1.54) is 0 Å². The molecule has 0 spiro atoms. The maximum atomic E-state index is 5.92. The third-order valence-corrected chi connectivity index (χ3v) is 2.61. The van der Waals surface area contributed by atoms with Crippen molar-refractivity contribution in [1.29, 1.82) is 0 Å². The van der Waals surface area contributed by atoms with Crippen molar-refractivity contribution in [3.8, 4) is 0 Å². The second kappa shape index (κ2) is 3.59. The van der Waals surface area contributed by atoms with Crippen molar-refractivity contribution < 1.29 is 0 Å². The topological polar surface area (TPSA) is 51.8 Å². The summed E-state index contributed by atoms with van der Waals surface area (Å²) in [5.74, 6) is 0. The highest BCUT2D eigenvalue weighted by Crippen LogP contribution is 2.30. The maximum Gasteiger partial charge on any atom is 0.223 e. The standard InChI is InChI=1S/C12H14ClN3/c1-12(2,3)10-7-5-4-6-8(14)9(7)15-11(13)16-10/h4-6H,14H2,1-3H3. The van der Waals surface area contributed by atoms with Crippen molar-refractivity contribution in [2.24, 2.45) is 0 Å². The Balaban J connectivity index is 2.89. The molecular weight excluding hydrogens is 222 g/mol. The number of nitrogens with zero attached hydrogens (tertiary/aromatic N) is 2. The molecular formula is C12H14ClN3. The molecule has 0 radical (unpaired) electrons. The largest absolute Gasteiger partial charge is 0.397 e. The quantitative estimate of drug-likeness (QED) is 0.564. The van der Waals surface area contributed by atoms with Gasteiger partial charge in [-0.2, -0.15) is 0 Å². The first kappa shape index (κ1) is 11.1. The highest BCUT2D eigenvalue weighted by molar-refractivity contribution is 6.28. The van der Waals surface area contributed by atoms with E-state index in [9.17, 15) is 0 Å². The Labute approximate surface area is 99.7 Å². The number of hydrogen-bond acceptors (Lipinski definition) is 3. The summed E-state index contributed by atoms with van der Waals surface area (Å²) in [4.78, 5) is 8.49. The molecule has 0 atom stereocenters. The molecule has 1 aromatic heterocycles. The second-order valence-corrected chi connectivity index (χ2v) is 5.17. The minimum atomic E-state index is -0.0847. The number of hydrogen-bond donors (Lipinski definition) is 1. The van der Waals surface area contributed by atoms with Crippen LogP contribution in [-0.4, -0.2) is 9.97 Å². The summed E-state index contributed by atoms with van der Waals surface area (Å²) in [6, 6.07) is 5.70. The number of aromatic nitrogens is 2. The number of anilines is 1. The van der Waals surface area contributed by atoms with E-state index in [-0.39, 0.29) is 10.7 Å². The van der Waals surface area contributed by atoms with Crippen LogP contribution >= 0.6 is 11.6 Å². The normalized spacial score (nSPS) is 12.0. The van der Waals surface area contributed by atoms with Crippen molar-refractivity contribution in [3.05, 3.63) is 29.2 Å². The molecule has 0 aliphatic carbocycles. The van der Waals surface area contributed by atoms with Gasteiger partial charge in [-0.05, 0) is 17.7 Å². The summed E-state index contributed by atoms with van der Waals surface area (Å²) in [5.41, 5.74) is 8.09. The van der Waals surface area contributed by atoms with Crippen LogP contribution in [0.15, 0.2) is 18.2 Å². The van der Waals surface area contributed by atoms with Crippen LogP contribution < -0.4 is 5.73 Å². The third-order valence-electron chi connectivity index (χ3n) is 2.44. The highest BCUT2D eigenvalue weighted by Gasteiger charge is 2.20. The lowest BCUT2D eigenvalue weighted by Crippen LogP contribution is -2.15. The van der Waals surface area contributed by atoms with Crippen molar-refractivity contribution in [3.63, 3.8) is 0 Å². The lowest BCUT2D eigenvalue weighted by molar-refractivity contribution is 0.574. The number of rotatable bonds is 0. The zero-order chi connectivity index (χ0) is 11.9. The van der Waals surface area contributed by atoms with E-state index in [2.05, 4.69) is 30.7 Å². The molecule has 84 valence electrons. The molecule has 0 amide bonds. The molecule has 2 aromatic rings. The summed E-state index contributed by atoms with van der Waals surface area (Å²) >= 11 is 5.92. The van der Waals surface area contributed by atoms with E-state index in [4.69, 9.17) is 17.3 Å². The van der Waals surface area contributed by atoms with Crippen LogP contribution in [0.1, 0.15) is 26.5 Å². The molecule has 0 aliphatic rings. The minimum absolute atomic E-state index is 0.0847. The smallest absolute Gasteiger partial charge is 0.223 e. The van der Waals surface area contributed by atoms with Crippen LogP contribution in [0.25, 0.3) is 10.9 Å². The molecule has 0 saturated heterocycles. The van der Waals surface area contributed by atoms with Gasteiger partial charge in [-0.25, -0.2) is 9.97 Å². The van der Waals surface area contributed by atoms with Gasteiger partial charge in [-0.15, -0.1) is 0 Å². The average molecular weight is 236 g/mol. The monoisotopic (exact) mass is 235 g/mol. The number of fused-ring (bicyclic) bond motifs is 1. The van der Waals surface area contributed by atoms with Gasteiger partial charge >= 0.3 is 0 Å². The van der Waals surface area contributed by atoms with Gasteiger partial charge in [-0.1, -0.05) is 32.9 Å². The Morgan fingerprint density at radius 3 is 2.50 bits per heavy atom. The van der Waals surface area contributed by atoms with E-state index in [1.807, 2.05) is 18.2 Å². The van der Waals surface area contributed by atoms with Crippen LogP contribution in [-0.2, 0) is 5.41 Å². The fourth-order valence-electron chi connectivity index (χ4n) is 1.72. The molecule has 4 heteroatoms. The molecule has 1 aromatic carbocycles.